The molecule has 2 rings (SSSR count). The van der Waals surface area contributed by atoms with Crippen molar-refractivity contribution in [3.05, 3.63) is 35.0 Å². The predicted octanol–water partition coefficient (Wildman–Crippen LogP) is 1.14. The summed E-state index contributed by atoms with van der Waals surface area (Å²) in [5.74, 6) is -0.932. The summed E-state index contributed by atoms with van der Waals surface area (Å²) < 4.78 is 1.96. The zero-order chi connectivity index (χ0) is 14.0. The molecule has 1 aromatic carbocycles. The largest absolute Gasteiger partial charge is 0.478 e. The third kappa shape index (κ3) is 2.47. The highest BCUT2D eigenvalue weighted by Gasteiger charge is 2.14. The van der Waals surface area contributed by atoms with Crippen molar-refractivity contribution in [2.45, 2.75) is 19.9 Å². The number of aryl methyl sites for hydroxylation is 1. The first kappa shape index (κ1) is 13.6. The van der Waals surface area contributed by atoms with Gasteiger partial charge in [0, 0.05) is 18.1 Å². The van der Waals surface area contributed by atoms with Crippen molar-refractivity contribution < 1.29 is 15.0 Å². The Morgan fingerprint density at radius 1 is 1.42 bits per heavy atom. The van der Waals surface area contributed by atoms with E-state index in [0.717, 1.165) is 22.0 Å². The lowest BCUT2D eigenvalue weighted by atomic mass is 10.0. The molecule has 0 aliphatic heterocycles. The van der Waals surface area contributed by atoms with Gasteiger partial charge in [-0.3, -0.25) is 0 Å². The second kappa shape index (κ2) is 5.42. The normalized spacial score (nSPS) is 11.1. The molecule has 1 aromatic heterocycles. The van der Waals surface area contributed by atoms with E-state index in [1.54, 1.807) is 12.1 Å². The number of aliphatic hydroxyl groups is 1. The highest BCUT2D eigenvalue weighted by molar-refractivity contribution is 5.96. The summed E-state index contributed by atoms with van der Waals surface area (Å²) in [5.41, 5.74) is 8.77. The Morgan fingerprint density at radius 2 is 2.16 bits per heavy atom. The molecule has 0 unspecified atom stereocenters. The highest BCUT2D eigenvalue weighted by atomic mass is 16.4. The number of aromatic carboxylic acids is 1. The molecule has 0 aliphatic rings. The molecule has 0 aliphatic carbocycles. The molecular weight excluding hydrogens is 244 g/mol. The number of hydrogen-bond acceptors (Lipinski definition) is 3. The van der Waals surface area contributed by atoms with E-state index in [1.165, 1.54) is 0 Å². The molecule has 0 amide bonds. The number of nitrogens with two attached hydrogens (primary N) is 1. The highest BCUT2D eigenvalue weighted by Crippen LogP contribution is 2.26. The summed E-state index contributed by atoms with van der Waals surface area (Å²) in [6, 6.07) is 3.34. The van der Waals surface area contributed by atoms with Gasteiger partial charge >= 0.3 is 5.97 Å². The molecule has 0 fully saturated rings. The zero-order valence-corrected chi connectivity index (χ0v) is 10.9. The molecule has 0 saturated carbocycles. The van der Waals surface area contributed by atoms with Crippen LogP contribution in [0.15, 0.2) is 18.3 Å². The Labute approximate surface area is 111 Å². The SMILES string of the molecule is Cc1cc(C(=O)O)cc2c(CCN)cn(CCO)c12. The Kier molecular flexibility index (Phi) is 3.87. The number of aliphatic hydroxyl groups excluding tert-OH is 1. The maximum atomic E-state index is 11.1. The van der Waals surface area contributed by atoms with E-state index in [0.29, 0.717) is 19.5 Å². The molecule has 0 bridgehead atoms. The number of fused-ring (bicyclic) bond motifs is 1. The molecule has 2 aromatic rings. The Hall–Kier alpha value is -1.85. The first-order valence-electron chi connectivity index (χ1n) is 6.25. The second-order valence-electron chi connectivity index (χ2n) is 4.60. The first-order chi connectivity index (χ1) is 9.08. The quantitative estimate of drug-likeness (QED) is 0.754. The van der Waals surface area contributed by atoms with Gasteiger partial charge in [-0.1, -0.05) is 0 Å². The van der Waals surface area contributed by atoms with Gasteiger partial charge in [0.05, 0.1) is 17.7 Å². The number of benzene rings is 1. The summed E-state index contributed by atoms with van der Waals surface area (Å²) in [7, 11) is 0. The van der Waals surface area contributed by atoms with Crippen molar-refractivity contribution in [3.8, 4) is 0 Å². The Morgan fingerprint density at radius 3 is 2.74 bits per heavy atom. The van der Waals surface area contributed by atoms with Gasteiger partial charge in [-0.15, -0.1) is 0 Å². The maximum Gasteiger partial charge on any atom is 0.335 e. The van der Waals surface area contributed by atoms with Crippen molar-refractivity contribution in [3.63, 3.8) is 0 Å². The van der Waals surface area contributed by atoms with Crippen molar-refractivity contribution in [1.29, 1.82) is 0 Å². The van der Waals surface area contributed by atoms with E-state index in [2.05, 4.69) is 0 Å². The minimum absolute atomic E-state index is 0.0476. The Balaban J connectivity index is 2.70. The average molecular weight is 262 g/mol. The average Bonchev–Trinajstić information content (AvgIpc) is 2.69. The van der Waals surface area contributed by atoms with Gasteiger partial charge in [-0.05, 0) is 43.1 Å². The number of hydrogen-bond donors (Lipinski definition) is 3. The van der Waals surface area contributed by atoms with Crippen LogP contribution in [0.5, 0.6) is 0 Å². The second-order valence-corrected chi connectivity index (χ2v) is 4.60. The molecule has 5 heteroatoms. The summed E-state index contributed by atoms with van der Waals surface area (Å²) in [5, 5.41) is 19.2. The molecule has 1 heterocycles. The van der Waals surface area contributed by atoms with E-state index in [4.69, 9.17) is 15.9 Å². The third-order valence-corrected chi connectivity index (χ3v) is 3.25. The number of aromatic nitrogens is 1. The van der Waals surface area contributed by atoms with Crippen LogP contribution in [0.2, 0.25) is 0 Å². The van der Waals surface area contributed by atoms with Crippen LogP contribution in [-0.2, 0) is 13.0 Å². The minimum atomic E-state index is -0.932. The number of carbonyl (C=O) groups is 1. The number of carboxylic acids is 1. The van der Waals surface area contributed by atoms with Crippen LogP contribution in [0.3, 0.4) is 0 Å². The van der Waals surface area contributed by atoms with E-state index >= 15 is 0 Å². The molecule has 5 nitrogen and oxygen atoms in total. The van der Waals surface area contributed by atoms with Gasteiger partial charge in [-0.25, -0.2) is 4.79 Å². The van der Waals surface area contributed by atoms with E-state index in [9.17, 15) is 4.79 Å². The van der Waals surface area contributed by atoms with Gasteiger partial charge in [0.15, 0.2) is 0 Å². The van der Waals surface area contributed by atoms with Gasteiger partial charge < -0.3 is 20.5 Å². The Bertz CT molecular complexity index is 617. The van der Waals surface area contributed by atoms with Gasteiger partial charge in [0.25, 0.3) is 0 Å². The predicted molar refractivity (Wildman–Crippen MR) is 73.5 cm³/mol. The van der Waals surface area contributed by atoms with E-state index < -0.39 is 5.97 Å². The minimum Gasteiger partial charge on any atom is -0.478 e. The molecule has 0 atom stereocenters. The summed E-state index contributed by atoms with van der Waals surface area (Å²) in [6.07, 6.45) is 2.64. The molecule has 0 radical (unpaired) electrons. The topological polar surface area (TPSA) is 88.5 Å². The molecule has 0 spiro atoms. The van der Waals surface area contributed by atoms with E-state index in [1.807, 2.05) is 17.7 Å². The molecule has 4 N–H and O–H groups in total. The fourth-order valence-electron chi connectivity index (χ4n) is 2.49. The van der Waals surface area contributed by atoms with Crippen LogP contribution in [0.1, 0.15) is 21.5 Å². The van der Waals surface area contributed by atoms with Crippen molar-refractivity contribution in [1.82, 2.24) is 4.57 Å². The van der Waals surface area contributed by atoms with Crippen LogP contribution >= 0.6 is 0 Å². The smallest absolute Gasteiger partial charge is 0.335 e. The lowest BCUT2D eigenvalue weighted by molar-refractivity contribution is 0.0697. The lowest BCUT2D eigenvalue weighted by Gasteiger charge is -2.06. The van der Waals surface area contributed by atoms with Crippen LogP contribution in [0.25, 0.3) is 10.9 Å². The van der Waals surface area contributed by atoms with E-state index in [-0.39, 0.29) is 12.2 Å². The van der Waals surface area contributed by atoms with Crippen molar-refractivity contribution in [2.24, 2.45) is 5.73 Å². The lowest BCUT2D eigenvalue weighted by Crippen LogP contribution is -2.03. The monoisotopic (exact) mass is 262 g/mol. The summed E-state index contributed by atoms with van der Waals surface area (Å²) in [4.78, 5) is 11.1. The fourth-order valence-corrected chi connectivity index (χ4v) is 2.49. The van der Waals surface area contributed by atoms with Gasteiger partial charge in [0.2, 0.25) is 0 Å². The number of carboxylic acid groups (broad SMARTS) is 1. The zero-order valence-electron chi connectivity index (χ0n) is 10.9. The first-order valence-corrected chi connectivity index (χ1v) is 6.25. The van der Waals surface area contributed by atoms with Crippen molar-refractivity contribution in [2.75, 3.05) is 13.2 Å². The molecular formula is C14H18N2O3. The maximum absolute atomic E-state index is 11.1. The molecule has 102 valence electrons. The fraction of sp³-hybridized carbons (Fsp3) is 0.357. The standard InChI is InChI=1S/C14H18N2O3/c1-9-6-11(14(18)19)7-12-10(2-3-15)8-16(4-5-17)13(9)12/h6-8,17H,2-5,15H2,1H3,(H,18,19). The number of rotatable bonds is 5. The number of nitrogens with zero attached hydrogens (tertiary/aromatic N) is 1. The van der Waals surface area contributed by atoms with Crippen LogP contribution in [0, 0.1) is 6.92 Å². The molecule has 19 heavy (non-hydrogen) atoms. The van der Waals surface area contributed by atoms with Crippen LogP contribution in [-0.4, -0.2) is 33.9 Å². The summed E-state index contributed by atoms with van der Waals surface area (Å²) >= 11 is 0. The third-order valence-electron chi connectivity index (χ3n) is 3.25. The summed E-state index contributed by atoms with van der Waals surface area (Å²) in [6.45, 7) is 2.93. The van der Waals surface area contributed by atoms with Crippen LogP contribution in [0.4, 0.5) is 0 Å². The van der Waals surface area contributed by atoms with Crippen molar-refractivity contribution >= 4 is 16.9 Å². The van der Waals surface area contributed by atoms with Gasteiger partial charge in [0.1, 0.15) is 0 Å². The molecule has 0 saturated heterocycles. The van der Waals surface area contributed by atoms with Crippen LogP contribution < -0.4 is 5.73 Å². The van der Waals surface area contributed by atoms with Gasteiger partial charge in [-0.2, -0.15) is 0 Å².